The summed E-state index contributed by atoms with van der Waals surface area (Å²) < 4.78 is 0. The van der Waals surface area contributed by atoms with Gasteiger partial charge in [0.05, 0.1) is 0 Å². The lowest BCUT2D eigenvalue weighted by atomic mass is 9.86. The zero-order chi connectivity index (χ0) is 22.8. The second-order valence-electron chi connectivity index (χ2n) is 9.51. The molecule has 6 unspecified atom stereocenters. The van der Waals surface area contributed by atoms with Crippen LogP contribution in [-0.2, 0) is 19.3 Å². The SMILES string of the molecule is Pc1cc2c(cc1P)-c1c(c3c(c4c1Cc1cc(P)c(P)cc1-4)Cc1cc(P)c(P)cc1-3)C2. The standard InChI is InChI=1S/C27H24P6/c28-19-4-10-1-16-25(13(10)7-22(19)31)17-3-12-6-21(30)24(33)9-15(12)27(17)18-2-11-5-20(29)23(32)8-14(11)26(16)18/h4-9H,1-3,28-33H2. The van der Waals surface area contributed by atoms with E-state index in [9.17, 15) is 0 Å². The van der Waals surface area contributed by atoms with Crippen LogP contribution in [0.4, 0.5) is 0 Å². The van der Waals surface area contributed by atoms with Gasteiger partial charge in [-0.15, -0.1) is 55.4 Å². The van der Waals surface area contributed by atoms with Crippen molar-refractivity contribution in [3.8, 4) is 33.4 Å². The molecule has 162 valence electrons. The van der Waals surface area contributed by atoms with E-state index in [1.165, 1.54) is 81.9 Å². The second-order valence-corrected chi connectivity index (χ2v) is 13.2. The van der Waals surface area contributed by atoms with Crippen LogP contribution in [0.5, 0.6) is 0 Å². The van der Waals surface area contributed by atoms with Crippen molar-refractivity contribution < 1.29 is 0 Å². The van der Waals surface area contributed by atoms with Crippen LogP contribution in [-0.4, -0.2) is 0 Å². The molecule has 0 aliphatic heterocycles. The normalized spacial score (nSPS) is 14.0. The number of fused-ring (bicyclic) bond motifs is 12. The molecule has 0 aromatic heterocycles. The molecule has 7 rings (SSSR count). The Bertz CT molecular complexity index is 1390. The fourth-order valence-corrected chi connectivity index (χ4v) is 7.78. The molecule has 0 amide bonds. The summed E-state index contributed by atoms with van der Waals surface area (Å²) in [6.45, 7) is 0. The molecule has 0 saturated heterocycles. The predicted molar refractivity (Wildman–Crippen MR) is 167 cm³/mol. The summed E-state index contributed by atoms with van der Waals surface area (Å²) in [6, 6.07) is 14.3. The van der Waals surface area contributed by atoms with Crippen LogP contribution in [0.25, 0.3) is 33.4 Å². The fraction of sp³-hybridized carbons (Fsp3) is 0.111. The van der Waals surface area contributed by atoms with Gasteiger partial charge in [-0.2, -0.15) is 0 Å². The van der Waals surface area contributed by atoms with Gasteiger partial charge in [0.2, 0.25) is 0 Å². The number of hydrogen-bond acceptors (Lipinski definition) is 0. The summed E-state index contributed by atoms with van der Waals surface area (Å²) in [4.78, 5) is 0. The zero-order valence-electron chi connectivity index (χ0n) is 18.0. The quantitative estimate of drug-likeness (QED) is 0.262. The van der Waals surface area contributed by atoms with E-state index in [1.54, 1.807) is 16.7 Å². The summed E-state index contributed by atoms with van der Waals surface area (Å²) in [5, 5.41) is 7.67. The van der Waals surface area contributed by atoms with Crippen molar-refractivity contribution in [2.75, 3.05) is 0 Å². The molecule has 0 radical (unpaired) electrons. The lowest BCUT2D eigenvalue weighted by Crippen LogP contribution is -2.11. The lowest BCUT2D eigenvalue weighted by Gasteiger charge is -2.17. The van der Waals surface area contributed by atoms with Crippen LogP contribution >= 0.6 is 55.4 Å². The predicted octanol–water partition coefficient (Wildman–Crippen LogP) is 3.40. The molecule has 4 aromatic carbocycles. The van der Waals surface area contributed by atoms with Gasteiger partial charge in [-0.3, -0.25) is 0 Å². The Morgan fingerprint density at radius 3 is 0.879 bits per heavy atom. The summed E-state index contributed by atoms with van der Waals surface area (Å²) >= 11 is 0. The minimum atomic E-state index is 1.03. The van der Waals surface area contributed by atoms with E-state index in [2.05, 4.69) is 91.8 Å². The van der Waals surface area contributed by atoms with Crippen LogP contribution in [0.1, 0.15) is 33.4 Å². The Kier molecular flexibility index (Phi) is 4.92. The molecule has 0 bridgehead atoms. The topological polar surface area (TPSA) is 0 Å². The van der Waals surface area contributed by atoms with Gasteiger partial charge in [-0.25, -0.2) is 0 Å². The van der Waals surface area contributed by atoms with Gasteiger partial charge < -0.3 is 0 Å². The number of hydrogen-bond donors (Lipinski definition) is 0. The highest BCUT2D eigenvalue weighted by atomic mass is 31.0. The maximum atomic E-state index is 2.93. The first-order valence-electron chi connectivity index (χ1n) is 11.1. The molecule has 0 fully saturated rings. The minimum Gasteiger partial charge on any atom is -0.105 e. The molecule has 3 aliphatic carbocycles. The molecule has 4 aromatic rings. The van der Waals surface area contributed by atoms with E-state index in [4.69, 9.17) is 0 Å². The highest BCUT2D eigenvalue weighted by molar-refractivity contribution is 7.36. The van der Waals surface area contributed by atoms with E-state index >= 15 is 0 Å². The average Bonchev–Trinajstić information content (AvgIpc) is 3.41. The Labute approximate surface area is 209 Å². The highest BCUT2D eigenvalue weighted by Crippen LogP contribution is 2.56. The average molecular weight is 534 g/mol. The molecule has 33 heavy (non-hydrogen) atoms. The second kappa shape index (κ2) is 7.48. The van der Waals surface area contributed by atoms with E-state index in [1.807, 2.05) is 0 Å². The van der Waals surface area contributed by atoms with Gasteiger partial charge in [-0.1, -0.05) is 18.2 Å². The van der Waals surface area contributed by atoms with E-state index < -0.39 is 0 Å². The first-order chi connectivity index (χ1) is 15.8. The third-order valence-electron chi connectivity index (χ3n) is 7.65. The molecule has 0 saturated carbocycles. The van der Waals surface area contributed by atoms with Crippen molar-refractivity contribution in [2.24, 2.45) is 0 Å². The van der Waals surface area contributed by atoms with E-state index in [-0.39, 0.29) is 0 Å². The van der Waals surface area contributed by atoms with Crippen LogP contribution in [0.3, 0.4) is 0 Å². The molecular weight excluding hydrogens is 510 g/mol. The highest BCUT2D eigenvalue weighted by Gasteiger charge is 2.37. The Morgan fingerprint density at radius 1 is 0.364 bits per heavy atom. The molecule has 6 heteroatoms. The summed E-state index contributed by atoms with van der Waals surface area (Å²) in [5.74, 6) is 0. The zero-order valence-corrected chi connectivity index (χ0v) is 25.0. The Morgan fingerprint density at radius 2 is 0.606 bits per heavy atom. The number of rotatable bonds is 0. The van der Waals surface area contributed by atoms with Crippen molar-refractivity contribution in [3.05, 3.63) is 69.8 Å². The van der Waals surface area contributed by atoms with Crippen molar-refractivity contribution >= 4 is 87.3 Å². The Balaban J connectivity index is 1.62. The van der Waals surface area contributed by atoms with Crippen molar-refractivity contribution in [2.45, 2.75) is 19.3 Å². The van der Waals surface area contributed by atoms with Gasteiger partial charge in [0.15, 0.2) is 0 Å². The monoisotopic (exact) mass is 534 g/mol. The van der Waals surface area contributed by atoms with Gasteiger partial charge in [0, 0.05) is 0 Å². The first-order valence-corrected chi connectivity index (χ1v) is 14.5. The summed E-state index contributed by atoms with van der Waals surface area (Å²) in [6.07, 6.45) is 3.09. The van der Waals surface area contributed by atoms with Gasteiger partial charge >= 0.3 is 0 Å². The Hall–Kier alpha value is -0.540. The molecule has 3 aliphatic rings. The molecule has 0 N–H and O–H groups in total. The van der Waals surface area contributed by atoms with Gasteiger partial charge in [0.25, 0.3) is 0 Å². The molecule has 0 heterocycles. The third kappa shape index (κ3) is 3.00. The van der Waals surface area contributed by atoms with Crippen LogP contribution in [0.2, 0.25) is 0 Å². The van der Waals surface area contributed by atoms with Gasteiger partial charge in [0.1, 0.15) is 0 Å². The minimum absolute atomic E-state index is 1.03. The first kappa shape index (κ1) is 21.7. The fourth-order valence-electron chi connectivity index (χ4n) is 6.18. The molecular formula is C27H24P6. The van der Waals surface area contributed by atoms with Crippen molar-refractivity contribution in [1.82, 2.24) is 0 Å². The van der Waals surface area contributed by atoms with Crippen LogP contribution in [0.15, 0.2) is 36.4 Å². The largest absolute Gasteiger partial charge is 0.105 e. The van der Waals surface area contributed by atoms with Crippen molar-refractivity contribution in [1.29, 1.82) is 0 Å². The summed E-state index contributed by atoms with van der Waals surface area (Å²) in [7, 11) is 17.5. The molecule has 6 atom stereocenters. The van der Waals surface area contributed by atoms with Gasteiger partial charge in [-0.05, 0) is 136 Å². The van der Waals surface area contributed by atoms with Crippen LogP contribution in [0, 0.1) is 0 Å². The van der Waals surface area contributed by atoms with E-state index in [0.29, 0.717) is 0 Å². The van der Waals surface area contributed by atoms with Crippen molar-refractivity contribution in [3.63, 3.8) is 0 Å². The van der Waals surface area contributed by atoms with Crippen LogP contribution < -0.4 is 31.8 Å². The molecule has 0 nitrogen and oxygen atoms in total. The maximum Gasteiger partial charge on any atom is -0.000683 e. The van der Waals surface area contributed by atoms with E-state index in [0.717, 1.165) is 19.3 Å². The third-order valence-corrected chi connectivity index (χ3v) is 11.6. The summed E-state index contributed by atoms with van der Waals surface area (Å²) in [5.41, 5.74) is 17.9. The molecule has 0 spiro atoms. The lowest BCUT2D eigenvalue weighted by molar-refractivity contribution is 1.21. The number of benzene rings is 4. The maximum absolute atomic E-state index is 2.93. The smallest absolute Gasteiger partial charge is 0.000683 e.